The summed E-state index contributed by atoms with van der Waals surface area (Å²) in [5.74, 6) is 2.30. The van der Waals surface area contributed by atoms with Crippen molar-refractivity contribution in [3.63, 3.8) is 0 Å². The summed E-state index contributed by atoms with van der Waals surface area (Å²) in [6, 6.07) is 4.07. The van der Waals surface area contributed by atoms with Crippen molar-refractivity contribution in [2.24, 2.45) is 5.73 Å². The van der Waals surface area contributed by atoms with E-state index in [1.807, 2.05) is 39.8 Å². The Kier molecular flexibility index (Phi) is 4.39. The molecule has 20 heavy (non-hydrogen) atoms. The second kappa shape index (κ2) is 6.05. The van der Waals surface area contributed by atoms with Crippen LogP contribution in [0, 0.1) is 13.8 Å². The molecule has 0 saturated carbocycles. The van der Waals surface area contributed by atoms with E-state index in [1.54, 1.807) is 0 Å². The highest BCUT2D eigenvalue weighted by molar-refractivity contribution is 5.43. The van der Waals surface area contributed by atoms with Gasteiger partial charge in [0.25, 0.3) is 5.89 Å². The van der Waals surface area contributed by atoms with Crippen LogP contribution in [0.3, 0.4) is 0 Å². The Morgan fingerprint density at radius 3 is 2.40 bits per heavy atom. The highest BCUT2D eigenvalue weighted by Gasteiger charge is 2.12. The molecule has 0 unspecified atom stereocenters. The first kappa shape index (κ1) is 14.5. The van der Waals surface area contributed by atoms with Crippen LogP contribution < -0.4 is 10.5 Å². The van der Waals surface area contributed by atoms with E-state index in [4.69, 9.17) is 15.0 Å². The van der Waals surface area contributed by atoms with Crippen LogP contribution in [0.15, 0.2) is 16.7 Å². The van der Waals surface area contributed by atoms with Crippen molar-refractivity contribution in [2.75, 3.05) is 0 Å². The summed E-state index contributed by atoms with van der Waals surface area (Å²) >= 11 is 0. The molecule has 1 aromatic heterocycles. The number of benzene rings is 1. The molecule has 0 spiro atoms. The van der Waals surface area contributed by atoms with Crippen LogP contribution in [0.25, 0.3) is 0 Å². The van der Waals surface area contributed by atoms with Gasteiger partial charge in [0.2, 0.25) is 0 Å². The van der Waals surface area contributed by atoms with Crippen LogP contribution >= 0.6 is 0 Å². The highest BCUT2D eigenvalue weighted by atomic mass is 16.5. The Hall–Kier alpha value is -1.88. The first-order valence-electron chi connectivity index (χ1n) is 6.76. The lowest BCUT2D eigenvalue weighted by Gasteiger charge is -2.12. The van der Waals surface area contributed by atoms with E-state index < -0.39 is 0 Å². The third kappa shape index (κ3) is 3.17. The molecule has 1 aromatic carbocycles. The van der Waals surface area contributed by atoms with Gasteiger partial charge in [-0.3, -0.25) is 0 Å². The minimum absolute atomic E-state index is 0.250. The van der Waals surface area contributed by atoms with Gasteiger partial charge in [0.15, 0.2) is 12.4 Å². The molecule has 5 nitrogen and oxygen atoms in total. The van der Waals surface area contributed by atoms with Crippen molar-refractivity contribution < 1.29 is 9.26 Å². The third-order valence-electron chi connectivity index (χ3n) is 3.10. The SMILES string of the molecule is Cc1cc(CN)cc(C)c1OCc1nc(C(C)C)no1. The fraction of sp³-hybridized carbons (Fsp3) is 0.467. The van der Waals surface area contributed by atoms with Gasteiger partial charge < -0.3 is 15.0 Å². The van der Waals surface area contributed by atoms with Gasteiger partial charge in [-0.2, -0.15) is 4.98 Å². The fourth-order valence-electron chi connectivity index (χ4n) is 2.08. The van der Waals surface area contributed by atoms with Gasteiger partial charge in [0.1, 0.15) is 5.75 Å². The van der Waals surface area contributed by atoms with E-state index >= 15 is 0 Å². The second-order valence-corrected chi connectivity index (χ2v) is 5.25. The summed E-state index contributed by atoms with van der Waals surface area (Å²) in [7, 11) is 0. The molecule has 0 aliphatic rings. The summed E-state index contributed by atoms with van der Waals surface area (Å²) in [6.45, 7) is 8.88. The van der Waals surface area contributed by atoms with Crippen LogP contribution in [-0.4, -0.2) is 10.1 Å². The quantitative estimate of drug-likeness (QED) is 0.908. The lowest BCUT2D eigenvalue weighted by Crippen LogP contribution is -2.03. The summed E-state index contributed by atoms with van der Waals surface area (Å²) in [6.07, 6.45) is 0. The summed E-state index contributed by atoms with van der Waals surface area (Å²) < 4.78 is 11.0. The Morgan fingerprint density at radius 2 is 1.90 bits per heavy atom. The number of nitrogens with two attached hydrogens (primary N) is 1. The van der Waals surface area contributed by atoms with Crippen molar-refractivity contribution in [3.8, 4) is 5.75 Å². The summed E-state index contributed by atoms with van der Waals surface area (Å²) in [4.78, 5) is 4.30. The van der Waals surface area contributed by atoms with Gasteiger partial charge in [-0.05, 0) is 30.5 Å². The predicted molar refractivity (Wildman–Crippen MR) is 76.5 cm³/mol. The van der Waals surface area contributed by atoms with E-state index in [1.165, 1.54) is 0 Å². The molecular weight excluding hydrogens is 254 g/mol. The smallest absolute Gasteiger partial charge is 0.264 e. The van der Waals surface area contributed by atoms with Gasteiger partial charge in [-0.15, -0.1) is 0 Å². The monoisotopic (exact) mass is 275 g/mol. The second-order valence-electron chi connectivity index (χ2n) is 5.25. The number of nitrogens with zero attached hydrogens (tertiary/aromatic N) is 2. The molecule has 0 radical (unpaired) electrons. The van der Waals surface area contributed by atoms with E-state index in [2.05, 4.69) is 10.1 Å². The normalized spacial score (nSPS) is 11.1. The summed E-state index contributed by atoms with van der Waals surface area (Å²) in [5, 5.41) is 3.92. The fourth-order valence-corrected chi connectivity index (χ4v) is 2.08. The molecule has 0 bridgehead atoms. The van der Waals surface area contributed by atoms with Crippen molar-refractivity contribution in [1.29, 1.82) is 0 Å². The lowest BCUT2D eigenvalue weighted by molar-refractivity contribution is 0.240. The number of ether oxygens (including phenoxy) is 1. The number of aromatic nitrogens is 2. The third-order valence-corrected chi connectivity index (χ3v) is 3.10. The molecule has 0 fully saturated rings. The van der Waals surface area contributed by atoms with Crippen LogP contribution in [0.2, 0.25) is 0 Å². The highest BCUT2D eigenvalue weighted by Crippen LogP contribution is 2.25. The molecule has 0 amide bonds. The van der Waals surface area contributed by atoms with Crippen LogP contribution in [0.5, 0.6) is 5.75 Å². The molecule has 2 rings (SSSR count). The number of aryl methyl sites for hydroxylation is 2. The molecule has 0 atom stereocenters. The van der Waals surface area contributed by atoms with Crippen molar-refractivity contribution in [3.05, 3.63) is 40.5 Å². The van der Waals surface area contributed by atoms with Gasteiger partial charge in [-0.1, -0.05) is 31.1 Å². The largest absolute Gasteiger partial charge is 0.483 e. The Labute approximate surface area is 119 Å². The maximum atomic E-state index is 5.81. The molecule has 0 saturated heterocycles. The molecule has 5 heteroatoms. The number of hydrogen-bond donors (Lipinski definition) is 1. The number of hydrogen-bond acceptors (Lipinski definition) is 5. The van der Waals surface area contributed by atoms with Crippen LogP contribution in [0.1, 0.15) is 48.2 Å². The minimum Gasteiger partial charge on any atom is -0.483 e. The van der Waals surface area contributed by atoms with Gasteiger partial charge >= 0.3 is 0 Å². The molecular formula is C15H21N3O2. The van der Waals surface area contributed by atoms with Gasteiger partial charge in [0.05, 0.1) is 0 Å². The zero-order valence-corrected chi connectivity index (χ0v) is 12.4. The van der Waals surface area contributed by atoms with E-state index in [-0.39, 0.29) is 12.5 Å². The Bertz CT molecular complexity index is 568. The molecule has 2 aromatic rings. The molecule has 0 aliphatic heterocycles. The Balaban J connectivity index is 2.10. The van der Waals surface area contributed by atoms with Gasteiger partial charge in [-0.25, -0.2) is 0 Å². The van der Waals surface area contributed by atoms with Crippen LogP contribution in [0.4, 0.5) is 0 Å². The maximum absolute atomic E-state index is 5.81. The first-order valence-corrected chi connectivity index (χ1v) is 6.76. The van der Waals surface area contributed by atoms with Gasteiger partial charge in [0, 0.05) is 12.5 Å². The zero-order valence-electron chi connectivity index (χ0n) is 12.4. The predicted octanol–water partition coefficient (Wildman–Crippen LogP) is 2.85. The van der Waals surface area contributed by atoms with E-state index in [0.717, 1.165) is 22.4 Å². The van der Waals surface area contributed by atoms with Crippen molar-refractivity contribution in [1.82, 2.24) is 10.1 Å². The average Bonchev–Trinajstić information content (AvgIpc) is 2.86. The molecule has 108 valence electrons. The lowest BCUT2D eigenvalue weighted by atomic mass is 10.1. The number of rotatable bonds is 5. The summed E-state index contributed by atoms with van der Waals surface area (Å²) in [5.41, 5.74) is 8.89. The standard InChI is InChI=1S/C15H21N3O2/c1-9(2)15-17-13(20-18-15)8-19-14-10(3)5-12(7-16)6-11(14)4/h5-6,9H,7-8,16H2,1-4H3. The zero-order chi connectivity index (χ0) is 14.7. The van der Waals surface area contributed by atoms with E-state index in [9.17, 15) is 0 Å². The molecule has 0 aliphatic carbocycles. The van der Waals surface area contributed by atoms with Crippen molar-refractivity contribution >= 4 is 0 Å². The van der Waals surface area contributed by atoms with Crippen LogP contribution in [-0.2, 0) is 13.2 Å². The average molecular weight is 275 g/mol. The topological polar surface area (TPSA) is 74.2 Å². The first-order chi connectivity index (χ1) is 9.51. The minimum atomic E-state index is 0.250. The maximum Gasteiger partial charge on any atom is 0.264 e. The Morgan fingerprint density at radius 1 is 1.25 bits per heavy atom. The molecule has 2 N–H and O–H groups in total. The molecule has 1 heterocycles. The van der Waals surface area contributed by atoms with E-state index in [0.29, 0.717) is 18.3 Å². The van der Waals surface area contributed by atoms with Crippen molar-refractivity contribution in [2.45, 2.75) is 46.8 Å².